The lowest BCUT2D eigenvalue weighted by atomic mass is 9.91. The zero-order valence-corrected chi connectivity index (χ0v) is 12.8. The van der Waals surface area contributed by atoms with Crippen LogP contribution in [-0.2, 0) is 4.79 Å². The van der Waals surface area contributed by atoms with Gasteiger partial charge in [-0.3, -0.25) is 4.79 Å². The van der Waals surface area contributed by atoms with E-state index in [0.29, 0.717) is 30.2 Å². The van der Waals surface area contributed by atoms with Crippen molar-refractivity contribution in [2.24, 2.45) is 17.8 Å². The molecule has 2 fully saturated rings. The molecule has 2 unspecified atom stereocenters. The van der Waals surface area contributed by atoms with Gasteiger partial charge < -0.3 is 10.2 Å². The summed E-state index contributed by atoms with van der Waals surface area (Å²) in [5, 5.41) is 3.69. The highest BCUT2D eigenvalue weighted by molar-refractivity contribution is 5.76. The number of carbonyl (C=O) groups excluding carboxylic acids is 1. The predicted octanol–water partition coefficient (Wildman–Crippen LogP) is 2.66. The predicted molar refractivity (Wildman–Crippen MR) is 78.9 cm³/mol. The molecule has 2 rings (SSSR count). The molecule has 1 N–H and O–H groups in total. The van der Waals surface area contributed by atoms with Gasteiger partial charge in [0, 0.05) is 25.6 Å². The molecule has 2 atom stereocenters. The molecule has 3 heteroatoms. The Labute approximate surface area is 118 Å². The van der Waals surface area contributed by atoms with E-state index in [0.717, 1.165) is 25.6 Å². The summed E-state index contributed by atoms with van der Waals surface area (Å²) in [6.45, 7) is 9.56. The van der Waals surface area contributed by atoms with Crippen molar-refractivity contribution >= 4 is 5.91 Å². The Hall–Kier alpha value is -0.570. The summed E-state index contributed by atoms with van der Waals surface area (Å²) in [5.74, 6) is 2.42. The second-order valence-electron chi connectivity index (χ2n) is 6.96. The minimum absolute atomic E-state index is 0.353. The lowest BCUT2D eigenvalue weighted by Crippen LogP contribution is -2.51. The molecule has 1 aliphatic heterocycles. The topological polar surface area (TPSA) is 32.3 Å². The summed E-state index contributed by atoms with van der Waals surface area (Å²) in [4.78, 5) is 14.4. The van der Waals surface area contributed by atoms with Crippen LogP contribution < -0.4 is 5.32 Å². The smallest absolute Gasteiger partial charge is 0.222 e. The fourth-order valence-corrected chi connectivity index (χ4v) is 2.98. The summed E-state index contributed by atoms with van der Waals surface area (Å²) in [6, 6.07) is 0.524. The van der Waals surface area contributed by atoms with Crippen LogP contribution in [-0.4, -0.2) is 36.5 Å². The Bertz CT molecular complexity index is 299. The van der Waals surface area contributed by atoms with Crippen molar-refractivity contribution in [1.29, 1.82) is 0 Å². The molecule has 19 heavy (non-hydrogen) atoms. The highest BCUT2D eigenvalue weighted by atomic mass is 16.2. The highest BCUT2D eigenvalue weighted by Crippen LogP contribution is 2.28. The largest absolute Gasteiger partial charge is 0.341 e. The van der Waals surface area contributed by atoms with Gasteiger partial charge in [-0.2, -0.15) is 0 Å². The molecule has 2 aliphatic rings. The number of nitrogens with one attached hydrogen (secondary N) is 1. The van der Waals surface area contributed by atoms with Crippen LogP contribution in [0.5, 0.6) is 0 Å². The monoisotopic (exact) mass is 266 g/mol. The molecule has 1 saturated carbocycles. The maximum Gasteiger partial charge on any atom is 0.222 e. The van der Waals surface area contributed by atoms with Crippen LogP contribution in [0.2, 0.25) is 0 Å². The number of hydrogen-bond acceptors (Lipinski definition) is 2. The van der Waals surface area contributed by atoms with Gasteiger partial charge in [-0.1, -0.05) is 27.2 Å². The normalized spacial score (nSPS) is 27.9. The fraction of sp³-hybridized carbons (Fsp3) is 0.938. The number of amides is 1. The van der Waals surface area contributed by atoms with Crippen molar-refractivity contribution in [1.82, 2.24) is 10.2 Å². The van der Waals surface area contributed by atoms with E-state index in [9.17, 15) is 4.79 Å². The molecule has 0 aromatic heterocycles. The molecule has 0 aromatic rings. The summed E-state index contributed by atoms with van der Waals surface area (Å²) in [5.41, 5.74) is 0. The number of hydrogen-bond donors (Lipinski definition) is 1. The molecule has 110 valence electrons. The molecule has 0 radical (unpaired) electrons. The molecule has 0 bridgehead atoms. The van der Waals surface area contributed by atoms with Gasteiger partial charge >= 0.3 is 0 Å². The average molecular weight is 266 g/mol. The van der Waals surface area contributed by atoms with E-state index in [1.165, 1.54) is 25.7 Å². The Balaban J connectivity index is 1.84. The van der Waals surface area contributed by atoms with Gasteiger partial charge in [-0.05, 0) is 43.6 Å². The lowest BCUT2D eigenvalue weighted by Gasteiger charge is -2.38. The van der Waals surface area contributed by atoms with E-state index in [4.69, 9.17) is 0 Å². The highest BCUT2D eigenvalue weighted by Gasteiger charge is 2.30. The molecule has 0 spiro atoms. The zero-order chi connectivity index (χ0) is 13.8. The number of nitrogens with zero attached hydrogens (tertiary/aromatic N) is 1. The van der Waals surface area contributed by atoms with Gasteiger partial charge in [0.05, 0.1) is 0 Å². The summed E-state index contributed by atoms with van der Waals surface area (Å²) < 4.78 is 0. The van der Waals surface area contributed by atoms with E-state index in [1.807, 2.05) is 0 Å². The van der Waals surface area contributed by atoms with E-state index in [1.54, 1.807) is 0 Å². The van der Waals surface area contributed by atoms with Gasteiger partial charge in [-0.15, -0.1) is 0 Å². The average Bonchev–Trinajstić information content (AvgIpc) is 3.19. The molecule has 1 heterocycles. The first-order chi connectivity index (χ1) is 9.08. The second-order valence-corrected chi connectivity index (χ2v) is 6.96. The van der Waals surface area contributed by atoms with Crippen LogP contribution in [0.4, 0.5) is 0 Å². The Morgan fingerprint density at radius 1 is 1.26 bits per heavy atom. The first-order valence-corrected chi connectivity index (χ1v) is 8.09. The Morgan fingerprint density at radius 2 is 2.00 bits per heavy atom. The zero-order valence-electron chi connectivity index (χ0n) is 12.8. The fourth-order valence-electron chi connectivity index (χ4n) is 2.98. The first kappa shape index (κ1) is 14.8. The Morgan fingerprint density at radius 3 is 2.58 bits per heavy atom. The number of rotatable bonds is 6. The van der Waals surface area contributed by atoms with Crippen molar-refractivity contribution in [3.8, 4) is 0 Å². The lowest BCUT2D eigenvalue weighted by molar-refractivity contribution is -0.134. The maximum atomic E-state index is 12.3. The molecule has 0 aromatic carbocycles. The van der Waals surface area contributed by atoms with E-state index in [2.05, 4.69) is 31.0 Å². The quantitative estimate of drug-likeness (QED) is 0.801. The Kier molecular flexibility index (Phi) is 5.26. The standard InChI is InChI=1S/C16H30N2O/c1-4-13-8-15(17-9-14-5-6-14)11-18(10-13)16(19)7-12(2)3/h12-15,17H,4-11H2,1-3H3. The van der Waals surface area contributed by atoms with Crippen LogP contribution >= 0.6 is 0 Å². The van der Waals surface area contributed by atoms with Crippen LogP contribution in [0.15, 0.2) is 0 Å². The van der Waals surface area contributed by atoms with Crippen LogP contribution in [0, 0.1) is 17.8 Å². The third-order valence-corrected chi connectivity index (χ3v) is 4.44. The van der Waals surface area contributed by atoms with Crippen molar-refractivity contribution < 1.29 is 4.79 Å². The SMILES string of the molecule is CCC1CC(NCC2CC2)CN(C(=O)CC(C)C)C1. The minimum Gasteiger partial charge on any atom is -0.341 e. The third kappa shape index (κ3) is 4.79. The summed E-state index contributed by atoms with van der Waals surface area (Å²) in [6.07, 6.45) is 5.92. The number of piperidine rings is 1. The van der Waals surface area contributed by atoms with Crippen molar-refractivity contribution in [3.63, 3.8) is 0 Å². The van der Waals surface area contributed by atoms with E-state index < -0.39 is 0 Å². The van der Waals surface area contributed by atoms with Crippen LogP contribution in [0.25, 0.3) is 0 Å². The molecule has 1 aliphatic carbocycles. The van der Waals surface area contributed by atoms with Crippen LogP contribution in [0.1, 0.15) is 52.9 Å². The molecular weight excluding hydrogens is 236 g/mol. The summed E-state index contributed by atoms with van der Waals surface area (Å²) in [7, 11) is 0. The van der Waals surface area contributed by atoms with Crippen molar-refractivity contribution in [2.75, 3.05) is 19.6 Å². The number of likely N-dealkylation sites (tertiary alicyclic amines) is 1. The van der Waals surface area contributed by atoms with Crippen LogP contribution in [0.3, 0.4) is 0 Å². The second kappa shape index (κ2) is 6.74. The third-order valence-electron chi connectivity index (χ3n) is 4.44. The van der Waals surface area contributed by atoms with Crippen molar-refractivity contribution in [2.45, 2.75) is 58.9 Å². The summed E-state index contributed by atoms with van der Waals surface area (Å²) >= 11 is 0. The first-order valence-electron chi connectivity index (χ1n) is 8.09. The van der Waals surface area contributed by atoms with Gasteiger partial charge in [0.1, 0.15) is 0 Å². The van der Waals surface area contributed by atoms with E-state index in [-0.39, 0.29) is 0 Å². The molecule has 1 amide bonds. The van der Waals surface area contributed by atoms with Crippen molar-refractivity contribution in [3.05, 3.63) is 0 Å². The van der Waals surface area contributed by atoms with Gasteiger partial charge in [0.25, 0.3) is 0 Å². The molecular formula is C16H30N2O. The van der Waals surface area contributed by atoms with Gasteiger partial charge in [0.15, 0.2) is 0 Å². The van der Waals surface area contributed by atoms with Gasteiger partial charge in [-0.25, -0.2) is 0 Å². The number of carbonyl (C=O) groups is 1. The van der Waals surface area contributed by atoms with Gasteiger partial charge in [0.2, 0.25) is 5.91 Å². The van der Waals surface area contributed by atoms with E-state index >= 15 is 0 Å². The molecule has 1 saturated heterocycles. The molecule has 3 nitrogen and oxygen atoms in total. The maximum absolute atomic E-state index is 12.3. The minimum atomic E-state index is 0.353.